The maximum Gasteiger partial charge on any atom is 0.254 e. The number of hydrogen-bond donors (Lipinski definition) is 1. The molecule has 0 spiro atoms. The molecule has 5 heteroatoms. The minimum absolute atomic E-state index is 0.0171. The third kappa shape index (κ3) is 3.17. The second-order valence-corrected chi connectivity index (χ2v) is 7.01. The quantitative estimate of drug-likeness (QED) is 0.643. The summed E-state index contributed by atoms with van der Waals surface area (Å²) in [4.78, 5) is 17.7. The molecule has 126 valence electrons. The summed E-state index contributed by atoms with van der Waals surface area (Å²) >= 11 is 12.0. The number of halogens is 2. The Bertz CT molecular complexity index is 990. The third-order valence-corrected chi connectivity index (χ3v) is 5.03. The highest BCUT2D eigenvalue weighted by Crippen LogP contribution is 2.31. The van der Waals surface area contributed by atoms with Gasteiger partial charge in [-0.3, -0.25) is 4.79 Å². The van der Waals surface area contributed by atoms with E-state index >= 15 is 0 Å². The highest BCUT2D eigenvalue weighted by Gasteiger charge is 2.20. The van der Waals surface area contributed by atoms with E-state index in [1.54, 1.807) is 24.3 Å². The molecule has 3 nitrogen and oxygen atoms in total. The van der Waals surface area contributed by atoms with E-state index in [0.717, 1.165) is 22.3 Å². The Morgan fingerprint density at radius 2 is 1.92 bits per heavy atom. The summed E-state index contributed by atoms with van der Waals surface area (Å²) in [5.41, 5.74) is 4.09. The molecule has 25 heavy (non-hydrogen) atoms. The number of benzene rings is 2. The summed E-state index contributed by atoms with van der Waals surface area (Å²) in [5, 5.41) is 2.46. The first-order valence-electron chi connectivity index (χ1n) is 8.13. The Kier molecular flexibility index (Phi) is 4.28. The van der Waals surface area contributed by atoms with E-state index in [1.165, 1.54) is 11.1 Å². The Morgan fingerprint density at radius 3 is 2.68 bits per heavy atom. The normalized spacial score (nSPS) is 14.6. The summed E-state index contributed by atoms with van der Waals surface area (Å²) in [6, 6.07) is 13.0. The number of carbonyl (C=O) groups is 1. The van der Waals surface area contributed by atoms with E-state index < -0.39 is 0 Å². The Balaban J connectivity index is 1.56. The van der Waals surface area contributed by atoms with Crippen LogP contribution >= 0.6 is 23.2 Å². The third-order valence-electron chi connectivity index (χ3n) is 4.56. The molecule has 0 fully saturated rings. The molecular formula is C20H16Cl2N2O. The zero-order chi connectivity index (χ0) is 17.4. The van der Waals surface area contributed by atoms with Gasteiger partial charge in [-0.25, -0.2) is 0 Å². The second-order valence-electron chi connectivity index (χ2n) is 6.13. The molecule has 4 rings (SSSR count). The lowest BCUT2D eigenvalue weighted by atomic mass is 9.98. The molecule has 0 radical (unpaired) electrons. The molecule has 3 aromatic rings. The van der Waals surface area contributed by atoms with Crippen molar-refractivity contribution >= 4 is 45.6 Å². The van der Waals surface area contributed by atoms with Gasteiger partial charge in [0.1, 0.15) is 0 Å². The molecule has 0 saturated carbocycles. The Hall–Kier alpha value is -2.23. The smallest absolute Gasteiger partial charge is 0.254 e. The predicted octanol–water partition coefficient (Wildman–Crippen LogP) is 5.40. The largest absolute Gasteiger partial charge is 0.361 e. The topological polar surface area (TPSA) is 36.1 Å². The first-order chi connectivity index (χ1) is 12.1. The van der Waals surface area contributed by atoms with Crippen LogP contribution in [0.15, 0.2) is 54.7 Å². The van der Waals surface area contributed by atoms with Crippen molar-refractivity contribution in [2.45, 2.75) is 6.42 Å². The average Bonchev–Trinajstić information content (AvgIpc) is 3.04. The fourth-order valence-electron chi connectivity index (χ4n) is 3.27. The number of nitrogens with one attached hydrogen (secondary N) is 1. The summed E-state index contributed by atoms with van der Waals surface area (Å²) in [6.07, 6.45) is 4.96. The average molecular weight is 371 g/mol. The van der Waals surface area contributed by atoms with Crippen LogP contribution in [0.3, 0.4) is 0 Å². The standard InChI is InChI=1S/C20H16Cl2N2O/c21-15-3-1-2-14(10-15)20(25)24-8-6-13(7-9-24)18-12-23-19-11-16(22)4-5-17(18)19/h1-6,10-12,23H,7-9H2. The summed E-state index contributed by atoms with van der Waals surface area (Å²) < 4.78 is 0. The number of H-pyrrole nitrogens is 1. The van der Waals surface area contributed by atoms with Crippen molar-refractivity contribution in [3.63, 3.8) is 0 Å². The van der Waals surface area contributed by atoms with Crippen LogP contribution in [-0.2, 0) is 0 Å². The maximum atomic E-state index is 12.6. The fourth-order valence-corrected chi connectivity index (χ4v) is 3.63. The lowest BCUT2D eigenvalue weighted by Gasteiger charge is -2.26. The molecule has 1 aromatic heterocycles. The molecule has 1 aliphatic rings. The molecule has 0 saturated heterocycles. The SMILES string of the molecule is O=C(c1cccc(Cl)c1)N1CC=C(c2c[nH]c3cc(Cl)ccc23)CC1. The van der Waals surface area contributed by atoms with Crippen molar-refractivity contribution in [3.05, 3.63) is 75.9 Å². The van der Waals surface area contributed by atoms with E-state index in [-0.39, 0.29) is 5.91 Å². The van der Waals surface area contributed by atoms with Crippen LogP contribution in [0.2, 0.25) is 10.0 Å². The molecule has 0 atom stereocenters. The minimum Gasteiger partial charge on any atom is -0.361 e. The van der Waals surface area contributed by atoms with E-state index in [0.29, 0.717) is 23.7 Å². The summed E-state index contributed by atoms with van der Waals surface area (Å²) in [5.74, 6) is 0.0171. The number of fused-ring (bicyclic) bond motifs is 1. The summed E-state index contributed by atoms with van der Waals surface area (Å²) in [6.45, 7) is 1.29. The first kappa shape index (κ1) is 16.2. The molecule has 0 aliphatic carbocycles. The Morgan fingerprint density at radius 1 is 1.08 bits per heavy atom. The van der Waals surface area contributed by atoms with Crippen LogP contribution < -0.4 is 0 Å². The van der Waals surface area contributed by atoms with Crippen LogP contribution in [0.4, 0.5) is 0 Å². The van der Waals surface area contributed by atoms with Gasteiger partial charge in [0.25, 0.3) is 5.91 Å². The number of rotatable bonds is 2. The fraction of sp³-hybridized carbons (Fsp3) is 0.150. The summed E-state index contributed by atoms with van der Waals surface area (Å²) in [7, 11) is 0. The van der Waals surface area contributed by atoms with Crippen LogP contribution in [-0.4, -0.2) is 28.9 Å². The van der Waals surface area contributed by atoms with Gasteiger partial charge in [-0.1, -0.05) is 41.4 Å². The van der Waals surface area contributed by atoms with Gasteiger partial charge in [0, 0.05) is 51.4 Å². The van der Waals surface area contributed by atoms with Crippen molar-refractivity contribution in [2.75, 3.05) is 13.1 Å². The monoisotopic (exact) mass is 370 g/mol. The van der Waals surface area contributed by atoms with E-state index in [1.807, 2.05) is 29.3 Å². The molecule has 1 amide bonds. The van der Waals surface area contributed by atoms with E-state index in [2.05, 4.69) is 11.1 Å². The Labute approximate surface area is 155 Å². The van der Waals surface area contributed by atoms with Crippen molar-refractivity contribution in [1.29, 1.82) is 0 Å². The van der Waals surface area contributed by atoms with E-state index in [4.69, 9.17) is 23.2 Å². The van der Waals surface area contributed by atoms with Gasteiger partial charge in [-0.05, 0) is 42.3 Å². The highest BCUT2D eigenvalue weighted by atomic mass is 35.5. The highest BCUT2D eigenvalue weighted by molar-refractivity contribution is 6.31. The molecule has 1 aliphatic heterocycles. The molecule has 0 unspecified atom stereocenters. The van der Waals surface area contributed by atoms with Crippen LogP contribution in [0, 0.1) is 0 Å². The van der Waals surface area contributed by atoms with Crippen molar-refractivity contribution in [1.82, 2.24) is 9.88 Å². The molecule has 1 N–H and O–H groups in total. The van der Waals surface area contributed by atoms with Gasteiger partial charge in [0.05, 0.1) is 0 Å². The van der Waals surface area contributed by atoms with Crippen LogP contribution in [0.1, 0.15) is 22.3 Å². The lowest BCUT2D eigenvalue weighted by molar-refractivity contribution is 0.0773. The number of aromatic nitrogens is 1. The number of aromatic amines is 1. The van der Waals surface area contributed by atoms with Crippen molar-refractivity contribution < 1.29 is 4.79 Å². The van der Waals surface area contributed by atoms with Gasteiger partial charge in [-0.15, -0.1) is 0 Å². The number of hydrogen-bond acceptors (Lipinski definition) is 1. The number of carbonyl (C=O) groups excluding carboxylic acids is 1. The zero-order valence-corrected chi connectivity index (χ0v) is 14.9. The molecular weight excluding hydrogens is 355 g/mol. The van der Waals surface area contributed by atoms with Crippen LogP contribution in [0.25, 0.3) is 16.5 Å². The lowest BCUT2D eigenvalue weighted by Crippen LogP contribution is -2.34. The zero-order valence-electron chi connectivity index (χ0n) is 13.4. The molecule has 0 bridgehead atoms. The van der Waals surface area contributed by atoms with Crippen molar-refractivity contribution in [3.8, 4) is 0 Å². The number of nitrogens with zero attached hydrogens (tertiary/aromatic N) is 1. The number of amides is 1. The van der Waals surface area contributed by atoms with Gasteiger partial charge in [0.2, 0.25) is 0 Å². The van der Waals surface area contributed by atoms with Gasteiger partial charge in [-0.2, -0.15) is 0 Å². The predicted molar refractivity (Wildman–Crippen MR) is 103 cm³/mol. The minimum atomic E-state index is 0.0171. The van der Waals surface area contributed by atoms with Crippen molar-refractivity contribution in [2.24, 2.45) is 0 Å². The van der Waals surface area contributed by atoms with Gasteiger partial charge in [0.15, 0.2) is 0 Å². The van der Waals surface area contributed by atoms with Gasteiger partial charge >= 0.3 is 0 Å². The maximum absolute atomic E-state index is 12.6. The molecule has 2 aromatic carbocycles. The molecule has 2 heterocycles. The van der Waals surface area contributed by atoms with Crippen LogP contribution in [0.5, 0.6) is 0 Å². The second kappa shape index (κ2) is 6.58. The van der Waals surface area contributed by atoms with Gasteiger partial charge < -0.3 is 9.88 Å². The first-order valence-corrected chi connectivity index (χ1v) is 8.88. The van der Waals surface area contributed by atoms with E-state index in [9.17, 15) is 4.79 Å².